The lowest BCUT2D eigenvalue weighted by atomic mass is 10.1. The molecule has 1 aliphatic rings. The van der Waals surface area contributed by atoms with Gasteiger partial charge in [0.15, 0.2) is 16.8 Å². The Balaban J connectivity index is 1.63. The van der Waals surface area contributed by atoms with Crippen LogP contribution in [0.1, 0.15) is 11.6 Å². The van der Waals surface area contributed by atoms with Crippen LogP contribution in [0.15, 0.2) is 95.5 Å². The predicted octanol–water partition coefficient (Wildman–Crippen LogP) is 5.39. The standard InChI is InChI=1S/C24H18BrN5S/c25-19-13-11-16(12-14-19)20-15-21(27-24(31)26-20)30-23(18-9-5-2-6-10-18)28-22(29-30)17-7-3-1-4-8-17/h1-15,20H,(H2,26,27,31). The summed E-state index contributed by atoms with van der Waals surface area (Å²) >= 11 is 9.01. The van der Waals surface area contributed by atoms with Crippen LogP contribution in [-0.2, 0) is 0 Å². The molecule has 4 aromatic rings. The van der Waals surface area contributed by atoms with E-state index in [0.717, 1.165) is 32.8 Å². The molecule has 7 heteroatoms. The smallest absolute Gasteiger partial charge is 0.182 e. The molecule has 0 saturated heterocycles. The van der Waals surface area contributed by atoms with Crippen molar-refractivity contribution in [3.8, 4) is 22.8 Å². The van der Waals surface area contributed by atoms with Gasteiger partial charge in [-0.05, 0) is 36.0 Å². The summed E-state index contributed by atoms with van der Waals surface area (Å²) in [5.74, 6) is 2.18. The van der Waals surface area contributed by atoms with Crippen LogP contribution in [0.2, 0.25) is 0 Å². The summed E-state index contributed by atoms with van der Waals surface area (Å²) in [6.07, 6.45) is 2.08. The molecule has 0 spiro atoms. The third-order valence-electron chi connectivity index (χ3n) is 4.98. The van der Waals surface area contributed by atoms with Crippen molar-refractivity contribution in [2.24, 2.45) is 0 Å². The lowest BCUT2D eigenvalue weighted by Gasteiger charge is -2.26. The molecule has 0 amide bonds. The fourth-order valence-corrected chi connectivity index (χ4v) is 3.97. The van der Waals surface area contributed by atoms with Crippen molar-refractivity contribution in [3.05, 3.63) is 101 Å². The maximum Gasteiger partial charge on any atom is 0.182 e. The van der Waals surface area contributed by atoms with E-state index in [1.165, 1.54) is 0 Å². The Morgan fingerprint density at radius 3 is 2.16 bits per heavy atom. The van der Waals surface area contributed by atoms with Crippen LogP contribution >= 0.6 is 28.1 Å². The van der Waals surface area contributed by atoms with E-state index >= 15 is 0 Å². The first-order chi connectivity index (χ1) is 15.2. The molecule has 31 heavy (non-hydrogen) atoms. The van der Waals surface area contributed by atoms with Gasteiger partial charge in [0, 0.05) is 15.6 Å². The fourth-order valence-electron chi connectivity index (χ4n) is 3.47. The minimum atomic E-state index is -0.0788. The van der Waals surface area contributed by atoms with E-state index in [0.29, 0.717) is 10.9 Å². The lowest BCUT2D eigenvalue weighted by molar-refractivity contribution is 0.733. The average molecular weight is 488 g/mol. The highest BCUT2D eigenvalue weighted by Crippen LogP contribution is 2.27. The molecule has 1 aliphatic heterocycles. The third-order valence-corrected chi connectivity index (χ3v) is 5.73. The number of aromatic nitrogens is 3. The van der Waals surface area contributed by atoms with Crippen LogP contribution in [-0.4, -0.2) is 19.9 Å². The fraction of sp³-hybridized carbons (Fsp3) is 0.0417. The molecule has 5 nitrogen and oxygen atoms in total. The summed E-state index contributed by atoms with van der Waals surface area (Å²) < 4.78 is 2.86. The predicted molar refractivity (Wildman–Crippen MR) is 131 cm³/mol. The van der Waals surface area contributed by atoms with Crippen LogP contribution in [0.5, 0.6) is 0 Å². The number of nitrogens with zero attached hydrogens (tertiary/aromatic N) is 3. The first kappa shape index (κ1) is 19.7. The maximum absolute atomic E-state index is 5.51. The van der Waals surface area contributed by atoms with Crippen LogP contribution in [0, 0.1) is 0 Å². The quantitative estimate of drug-likeness (QED) is 0.377. The van der Waals surface area contributed by atoms with E-state index in [9.17, 15) is 0 Å². The Hall–Kier alpha value is -3.29. The van der Waals surface area contributed by atoms with Gasteiger partial charge in [-0.25, -0.2) is 4.98 Å². The van der Waals surface area contributed by atoms with Crippen LogP contribution < -0.4 is 10.6 Å². The second kappa shape index (κ2) is 8.45. The van der Waals surface area contributed by atoms with Gasteiger partial charge in [0.05, 0.1) is 6.04 Å². The molecule has 3 aromatic carbocycles. The molecule has 0 bridgehead atoms. The van der Waals surface area contributed by atoms with Crippen molar-refractivity contribution in [2.45, 2.75) is 6.04 Å². The second-order valence-corrected chi connectivity index (χ2v) is 8.41. The molecule has 0 fully saturated rings. The maximum atomic E-state index is 5.51. The molecule has 0 radical (unpaired) electrons. The van der Waals surface area contributed by atoms with Gasteiger partial charge in [-0.3, -0.25) is 0 Å². The highest BCUT2D eigenvalue weighted by atomic mass is 79.9. The Labute approximate surface area is 194 Å². The van der Waals surface area contributed by atoms with Crippen molar-refractivity contribution >= 4 is 39.1 Å². The minimum Gasteiger partial charge on any atom is -0.352 e. The minimum absolute atomic E-state index is 0.0788. The third kappa shape index (κ3) is 4.15. The van der Waals surface area contributed by atoms with Crippen molar-refractivity contribution in [1.29, 1.82) is 0 Å². The largest absolute Gasteiger partial charge is 0.352 e. The van der Waals surface area contributed by atoms with Gasteiger partial charge < -0.3 is 10.6 Å². The summed E-state index contributed by atoms with van der Waals surface area (Å²) in [6, 6.07) is 28.1. The normalized spacial score (nSPS) is 15.7. The number of thiocarbonyl (C=S) groups is 1. The summed E-state index contributed by atoms with van der Waals surface area (Å²) in [5, 5.41) is 11.9. The molecule has 1 atom stereocenters. The van der Waals surface area contributed by atoms with Crippen LogP contribution in [0.3, 0.4) is 0 Å². The summed E-state index contributed by atoms with van der Waals surface area (Å²) in [5.41, 5.74) is 3.04. The molecular weight excluding hydrogens is 470 g/mol. The monoisotopic (exact) mass is 487 g/mol. The van der Waals surface area contributed by atoms with Gasteiger partial charge in [-0.2, -0.15) is 4.68 Å². The van der Waals surface area contributed by atoms with E-state index in [-0.39, 0.29) is 6.04 Å². The van der Waals surface area contributed by atoms with Gasteiger partial charge in [0.2, 0.25) is 0 Å². The molecule has 0 aliphatic carbocycles. The van der Waals surface area contributed by atoms with E-state index < -0.39 is 0 Å². The van der Waals surface area contributed by atoms with Crippen molar-refractivity contribution in [3.63, 3.8) is 0 Å². The first-order valence-electron chi connectivity index (χ1n) is 9.80. The molecule has 2 heterocycles. The molecule has 1 unspecified atom stereocenters. The average Bonchev–Trinajstić information content (AvgIpc) is 3.26. The number of rotatable bonds is 4. The Bertz CT molecular complexity index is 1250. The number of nitrogens with one attached hydrogen (secondary N) is 2. The molecular formula is C24H18BrN5S. The van der Waals surface area contributed by atoms with Crippen LogP contribution in [0.25, 0.3) is 28.6 Å². The number of halogens is 1. The van der Waals surface area contributed by atoms with E-state index in [4.69, 9.17) is 22.3 Å². The zero-order valence-corrected chi connectivity index (χ0v) is 18.8. The highest BCUT2D eigenvalue weighted by Gasteiger charge is 2.23. The molecule has 152 valence electrons. The number of hydrogen-bond donors (Lipinski definition) is 2. The van der Waals surface area contributed by atoms with Crippen molar-refractivity contribution < 1.29 is 0 Å². The summed E-state index contributed by atoms with van der Waals surface area (Å²) in [6.45, 7) is 0. The topological polar surface area (TPSA) is 54.8 Å². The van der Waals surface area contributed by atoms with Gasteiger partial charge >= 0.3 is 0 Å². The molecule has 0 saturated carbocycles. The number of benzene rings is 3. The Kier molecular flexibility index (Phi) is 5.36. The molecule has 1 aromatic heterocycles. The van der Waals surface area contributed by atoms with Crippen molar-refractivity contribution in [1.82, 2.24) is 25.4 Å². The second-order valence-electron chi connectivity index (χ2n) is 7.08. The highest BCUT2D eigenvalue weighted by molar-refractivity contribution is 9.10. The van der Waals surface area contributed by atoms with Crippen LogP contribution in [0.4, 0.5) is 0 Å². The van der Waals surface area contributed by atoms with Gasteiger partial charge in [-0.1, -0.05) is 88.7 Å². The van der Waals surface area contributed by atoms with E-state index in [1.807, 2.05) is 77.5 Å². The zero-order valence-electron chi connectivity index (χ0n) is 16.4. The summed E-state index contributed by atoms with van der Waals surface area (Å²) in [4.78, 5) is 4.86. The lowest BCUT2D eigenvalue weighted by Crippen LogP contribution is -2.42. The van der Waals surface area contributed by atoms with E-state index in [2.05, 4.69) is 44.8 Å². The SMILES string of the molecule is S=C1NC(n2nc(-c3ccccc3)nc2-c2ccccc2)=CC(c2ccc(Br)cc2)N1. The Morgan fingerprint density at radius 1 is 0.839 bits per heavy atom. The molecule has 2 N–H and O–H groups in total. The van der Waals surface area contributed by atoms with Crippen molar-refractivity contribution in [2.75, 3.05) is 0 Å². The summed E-state index contributed by atoms with van der Waals surface area (Å²) in [7, 11) is 0. The first-order valence-corrected chi connectivity index (χ1v) is 11.0. The van der Waals surface area contributed by atoms with Gasteiger partial charge in [0.25, 0.3) is 0 Å². The van der Waals surface area contributed by atoms with Gasteiger partial charge in [-0.15, -0.1) is 5.10 Å². The van der Waals surface area contributed by atoms with Gasteiger partial charge in [0.1, 0.15) is 5.82 Å². The zero-order chi connectivity index (χ0) is 21.2. The Morgan fingerprint density at radius 2 is 1.48 bits per heavy atom. The van der Waals surface area contributed by atoms with E-state index in [1.54, 1.807) is 0 Å². The molecule has 5 rings (SSSR count). The number of hydrogen-bond acceptors (Lipinski definition) is 3.